The Morgan fingerprint density at radius 3 is 2.94 bits per heavy atom. The Labute approximate surface area is 107 Å². The van der Waals surface area contributed by atoms with Gasteiger partial charge in [0.15, 0.2) is 0 Å². The average molecular weight is 266 g/mol. The van der Waals surface area contributed by atoms with Crippen LogP contribution in [0, 0.1) is 5.82 Å². The molecule has 0 saturated heterocycles. The van der Waals surface area contributed by atoms with Gasteiger partial charge in [0.25, 0.3) is 0 Å². The number of nitrogens with zero attached hydrogens (tertiary/aromatic N) is 1. The van der Waals surface area contributed by atoms with Gasteiger partial charge in [-0.3, -0.25) is 9.89 Å². The first-order chi connectivity index (χ1) is 8.66. The van der Waals surface area contributed by atoms with Gasteiger partial charge >= 0.3 is 0 Å². The molecule has 1 aromatic carbocycles. The van der Waals surface area contributed by atoms with Crippen LogP contribution in [0.15, 0.2) is 36.5 Å². The molecule has 0 aliphatic rings. The third-order valence-corrected chi connectivity index (χ3v) is 2.49. The van der Waals surface area contributed by atoms with Crippen molar-refractivity contribution in [2.45, 2.75) is 0 Å². The number of aromatic amines is 1. The second kappa shape index (κ2) is 5.46. The van der Waals surface area contributed by atoms with E-state index in [4.69, 9.17) is 11.6 Å². The number of benzene rings is 1. The van der Waals surface area contributed by atoms with Gasteiger partial charge in [0.05, 0.1) is 11.2 Å². The highest BCUT2D eigenvalue weighted by atomic mass is 35.5. The minimum Gasteiger partial charge on any atom is -0.307 e. The first-order valence-corrected chi connectivity index (χ1v) is 5.47. The predicted molar refractivity (Wildman–Crippen MR) is 67.7 cm³/mol. The summed E-state index contributed by atoms with van der Waals surface area (Å²) in [7, 11) is 0. The second-order valence-corrected chi connectivity index (χ2v) is 3.84. The van der Waals surface area contributed by atoms with Crippen molar-refractivity contribution in [3.05, 3.63) is 52.9 Å². The summed E-state index contributed by atoms with van der Waals surface area (Å²) in [6, 6.07) is 5.93. The number of aromatic nitrogens is 2. The Hall–Kier alpha value is -2.14. The Balaban J connectivity index is 2.09. The van der Waals surface area contributed by atoms with Gasteiger partial charge in [-0.05, 0) is 18.2 Å². The van der Waals surface area contributed by atoms with Gasteiger partial charge in [0.1, 0.15) is 11.6 Å². The quantitative estimate of drug-likeness (QED) is 0.839. The molecule has 18 heavy (non-hydrogen) atoms. The van der Waals surface area contributed by atoms with E-state index in [0.717, 1.165) is 0 Å². The smallest absolute Gasteiger partial charge is 0.249 e. The summed E-state index contributed by atoms with van der Waals surface area (Å²) in [5.41, 5.74) is 0.180. The highest BCUT2D eigenvalue weighted by Gasteiger charge is 2.04. The third-order valence-electron chi connectivity index (χ3n) is 2.16. The predicted octanol–water partition coefficient (Wildman–Crippen LogP) is 2.85. The van der Waals surface area contributed by atoms with Crippen LogP contribution in [0.3, 0.4) is 0 Å². The fourth-order valence-electron chi connectivity index (χ4n) is 1.33. The van der Waals surface area contributed by atoms with Crippen LogP contribution in [0.25, 0.3) is 6.08 Å². The normalized spacial score (nSPS) is 10.8. The van der Waals surface area contributed by atoms with E-state index in [1.807, 2.05) is 0 Å². The molecule has 0 aliphatic carbocycles. The van der Waals surface area contributed by atoms with Crippen LogP contribution in [-0.4, -0.2) is 16.1 Å². The topological polar surface area (TPSA) is 57.8 Å². The molecular formula is C12H9ClFN3O. The van der Waals surface area contributed by atoms with Gasteiger partial charge in [-0.15, -0.1) is 0 Å². The summed E-state index contributed by atoms with van der Waals surface area (Å²) in [5, 5.41) is 9.02. The van der Waals surface area contributed by atoms with Gasteiger partial charge in [-0.1, -0.05) is 17.7 Å². The third kappa shape index (κ3) is 2.95. The van der Waals surface area contributed by atoms with E-state index in [-0.39, 0.29) is 10.6 Å². The van der Waals surface area contributed by atoms with Gasteiger partial charge < -0.3 is 5.32 Å². The summed E-state index contributed by atoms with van der Waals surface area (Å²) >= 11 is 5.82. The largest absolute Gasteiger partial charge is 0.307 e. The lowest BCUT2D eigenvalue weighted by Gasteiger charge is -2.00. The van der Waals surface area contributed by atoms with Crippen molar-refractivity contribution in [1.82, 2.24) is 10.2 Å². The van der Waals surface area contributed by atoms with Crippen molar-refractivity contribution < 1.29 is 9.18 Å². The maximum absolute atomic E-state index is 13.4. The summed E-state index contributed by atoms with van der Waals surface area (Å²) in [4.78, 5) is 11.5. The number of anilines is 1. The SMILES string of the molecule is O=C(/C=C/c1c(F)cccc1Cl)Nc1ccn[nH]1. The zero-order chi connectivity index (χ0) is 13.0. The number of amides is 1. The molecule has 0 fully saturated rings. The first-order valence-electron chi connectivity index (χ1n) is 5.09. The van der Waals surface area contributed by atoms with Crippen LogP contribution < -0.4 is 5.32 Å². The van der Waals surface area contributed by atoms with E-state index >= 15 is 0 Å². The lowest BCUT2D eigenvalue weighted by atomic mass is 10.2. The zero-order valence-electron chi connectivity index (χ0n) is 9.15. The first kappa shape index (κ1) is 12.3. The number of carbonyl (C=O) groups is 1. The second-order valence-electron chi connectivity index (χ2n) is 3.43. The summed E-state index contributed by atoms with van der Waals surface area (Å²) in [6.07, 6.45) is 4.03. The number of carbonyl (C=O) groups excluding carboxylic acids is 1. The number of rotatable bonds is 3. The lowest BCUT2D eigenvalue weighted by molar-refractivity contribution is -0.111. The molecule has 92 valence electrons. The fraction of sp³-hybridized carbons (Fsp3) is 0. The van der Waals surface area contributed by atoms with Crippen LogP contribution in [0.4, 0.5) is 10.2 Å². The van der Waals surface area contributed by atoms with Crippen molar-refractivity contribution in [3.63, 3.8) is 0 Å². The molecule has 2 aromatic rings. The van der Waals surface area contributed by atoms with E-state index in [2.05, 4.69) is 15.5 Å². The Kier molecular flexibility index (Phi) is 3.74. The van der Waals surface area contributed by atoms with Crippen LogP contribution in [-0.2, 0) is 4.79 Å². The van der Waals surface area contributed by atoms with E-state index in [0.29, 0.717) is 5.82 Å². The maximum Gasteiger partial charge on any atom is 0.249 e. The van der Waals surface area contributed by atoms with Crippen molar-refractivity contribution in [2.24, 2.45) is 0 Å². The summed E-state index contributed by atoms with van der Waals surface area (Å²) < 4.78 is 13.4. The number of H-pyrrole nitrogens is 1. The molecule has 2 N–H and O–H groups in total. The Morgan fingerprint density at radius 2 is 2.28 bits per heavy atom. The molecule has 6 heteroatoms. The molecule has 0 bridgehead atoms. The zero-order valence-corrected chi connectivity index (χ0v) is 9.91. The van der Waals surface area contributed by atoms with E-state index in [1.165, 1.54) is 30.5 Å². The van der Waals surface area contributed by atoms with Gasteiger partial charge in [-0.2, -0.15) is 5.10 Å². The molecule has 0 aliphatic heterocycles. The van der Waals surface area contributed by atoms with Crippen LogP contribution in [0.5, 0.6) is 0 Å². The van der Waals surface area contributed by atoms with Gasteiger partial charge in [0, 0.05) is 17.7 Å². The lowest BCUT2D eigenvalue weighted by Crippen LogP contribution is -2.08. The maximum atomic E-state index is 13.4. The van der Waals surface area contributed by atoms with Crippen molar-refractivity contribution in [1.29, 1.82) is 0 Å². The molecule has 1 amide bonds. The average Bonchev–Trinajstić information content (AvgIpc) is 2.81. The highest BCUT2D eigenvalue weighted by molar-refractivity contribution is 6.32. The number of hydrogen-bond acceptors (Lipinski definition) is 2. The Morgan fingerprint density at radius 1 is 1.44 bits per heavy atom. The summed E-state index contributed by atoms with van der Waals surface area (Å²) in [6.45, 7) is 0. The van der Waals surface area contributed by atoms with Gasteiger partial charge in [0.2, 0.25) is 5.91 Å². The molecule has 0 radical (unpaired) electrons. The molecular weight excluding hydrogens is 257 g/mol. The van der Waals surface area contributed by atoms with E-state index in [1.54, 1.807) is 12.1 Å². The van der Waals surface area contributed by atoms with E-state index in [9.17, 15) is 9.18 Å². The molecule has 4 nitrogen and oxygen atoms in total. The minimum absolute atomic E-state index is 0.180. The summed E-state index contributed by atoms with van der Waals surface area (Å²) in [5.74, 6) is -0.420. The van der Waals surface area contributed by atoms with Crippen molar-refractivity contribution in [3.8, 4) is 0 Å². The van der Waals surface area contributed by atoms with Crippen LogP contribution in [0.1, 0.15) is 5.56 Å². The monoisotopic (exact) mass is 265 g/mol. The van der Waals surface area contributed by atoms with Crippen molar-refractivity contribution in [2.75, 3.05) is 5.32 Å². The van der Waals surface area contributed by atoms with Crippen LogP contribution in [0.2, 0.25) is 5.02 Å². The molecule has 0 saturated carbocycles. The van der Waals surface area contributed by atoms with Gasteiger partial charge in [-0.25, -0.2) is 4.39 Å². The number of nitrogens with one attached hydrogen (secondary N) is 2. The molecule has 1 aromatic heterocycles. The van der Waals surface area contributed by atoms with Crippen molar-refractivity contribution >= 4 is 29.4 Å². The molecule has 1 heterocycles. The number of halogens is 2. The standard InChI is InChI=1S/C12H9ClFN3O/c13-9-2-1-3-10(14)8(9)4-5-12(18)16-11-6-7-15-17-11/h1-7H,(H2,15,16,17,18)/b5-4+. The minimum atomic E-state index is -0.479. The fourth-order valence-corrected chi connectivity index (χ4v) is 1.55. The molecule has 0 atom stereocenters. The van der Waals surface area contributed by atoms with Crippen LogP contribution >= 0.6 is 11.6 Å². The highest BCUT2D eigenvalue weighted by Crippen LogP contribution is 2.20. The van der Waals surface area contributed by atoms with E-state index < -0.39 is 11.7 Å². The number of hydrogen-bond donors (Lipinski definition) is 2. The molecule has 2 rings (SSSR count). The Bertz CT molecular complexity index is 561. The molecule has 0 spiro atoms. The molecule has 0 unspecified atom stereocenters.